The van der Waals surface area contributed by atoms with Crippen LogP contribution in [0.3, 0.4) is 0 Å². The van der Waals surface area contributed by atoms with E-state index in [0.717, 1.165) is 5.56 Å². The molecule has 0 bridgehead atoms. The van der Waals surface area contributed by atoms with Crippen LogP contribution in [-0.4, -0.2) is 11.8 Å². The fourth-order valence-corrected chi connectivity index (χ4v) is 3.31. The third-order valence-corrected chi connectivity index (χ3v) is 4.86. The Labute approximate surface area is 165 Å². The molecule has 2 N–H and O–H groups in total. The van der Waals surface area contributed by atoms with Crippen LogP contribution in [0, 0.1) is 0 Å². The summed E-state index contributed by atoms with van der Waals surface area (Å²) in [4.78, 5) is 24.0. The maximum Gasteiger partial charge on any atom is 0.265 e. The Morgan fingerprint density at radius 2 is 1.70 bits per heavy atom. The maximum absolute atomic E-state index is 12.4. The summed E-state index contributed by atoms with van der Waals surface area (Å²) in [6.45, 7) is 1.78. The molecule has 1 heterocycles. The van der Waals surface area contributed by atoms with Gasteiger partial charge in [0, 0.05) is 23.9 Å². The Bertz CT molecular complexity index is 954. The van der Waals surface area contributed by atoms with Crippen molar-refractivity contribution in [2.45, 2.75) is 13.5 Å². The zero-order valence-electron chi connectivity index (χ0n) is 14.5. The third-order valence-electron chi connectivity index (χ3n) is 3.57. The summed E-state index contributed by atoms with van der Waals surface area (Å²) < 4.78 is 5.69. The van der Waals surface area contributed by atoms with Gasteiger partial charge in [-0.15, -0.1) is 11.3 Å². The average molecular weight is 401 g/mol. The first-order valence-corrected chi connectivity index (χ1v) is 9.41. The van der Waals surface area contributed by atoms with Crippen LogP contribution >= 0.6 is 22.9 Å². The van der Waals surface area contributed by atoms with Gasteiger partial charge in [0.1, 0.15) is 12.4 Å². The van der Waals surface area contributed by atoms with Crippen molar-refractivity contribution in [3.8, 4) is 5.75 Å². The number of carbonyl (C=O) groups excluding carboxylic acids is 2. The van der Waals surface area contributed by atoms with E-state index in [4.69, 9.17) is 16.3 Å². The van der Waals surface area contributed by atoms with Crippen LogP contribution in [0.4, 0.5) is 11.4 Å². The molecule has 0 radical (unpaired) electrons. The Morgan fingerprint density at radius 3 is 2.37 bits per heavy atom. The first-order valence-electron chi connectivity index (χ1n) is 8.15. The highest BCUT2D eigenvalue weighted by atomic mass is 35.5. The first-order chi connectivity index (χ1) is 13.0. The molecule has 0 fully saturated rings. The maximum atomic E-state index is 12.4. The number of carbonyl (C=O) groups is 2. The van der Waals surface area contributed by atoms with E-state index in [2.05, 4.69) is 10.6 Å². The normalized spacial score (nSPS) is 10.3. The summed E-state index contributed by atoms with van der Waals surface area (Å²) >= 11 is 7.41. The molecule has 27 heavy (non-hydrogen) atoms. The van der Waals surface area contributed by atoms with Gasteiger partial charge >= 0.3 is 0 Å². The predicted octanol–water partition coefficient (Wildman–Crippen LogP) is 5.19. The highest BCUT2D eigenvalue weighted by Crippen LogP contribution is 2.25. The van der Waals surface area contributed by atoms with Crippen LogP contribution in [0.15, 0.2) is 60.0 Å². The van der Waals surface area contributed by atoms with Crippen LogP contribution in [0.2, 0.25) is 5.02 Å². The van der Waals surface area contributed by atoms with E-state index in [1.807, 2.05) is 17.5 Å². The van der Waals surface area contributed by atoms with E-state index in [9.17, 15) is 9.59 Å². The molecule has 7 heteroatoms. The fourth-order valence-electron chi connectivity index (χ4n) is 2.33. The van der Waals surface area contributed by atoms with Crippen molar-refractivity contribution in [2.75, 3.05) is 10.6 Å². The SMILES string of the molecule is CC(=O)Nc1ccc(NC(=O)c2cc(COc3ccccc3Cl)cs2)cc1. The van der Waals surface area contributed by atoms with Crippen molar-refractivity contribution >= 4 is 46.1 Å². The topological polar surface area (TPSA) is 67.4 Å². The predicted molar refractivity (Wildman–Crippen MR) is 109 cm³/mol. The van der Waals surface area contributed by atoms with E-state index in [1.54, 1.807) is 42.5 Å². The Kier molecular flexibility index (Phi) is 6.11. The second-order valence-electron chi connectivity index (χ2n) is 5.75. The number of nitrogens with one attached hydrogen (secondary N) is 2. The van der Waals surface area contributed by atoms with Crippen LogP contribution in [0.5, 0.6) is 5.75 Å². The molecule has 138 valence electrons. The molecule has 0 aliphatic heterocycles. The zero-order valence-corrected chi connectivity index (χ0v) is 16.1. The molecule has 5 nitrogen and oxygen atoms in total. The molecule has 3 aromatic rings. The second-order valence-corrected chi connectivity index (χ2v) is 7.07. The zero-order chi connectivity index (χ0) is 19.2. The number of benzene rings is 2. The summed E-state index contributed by atoms with van der Waals surface area (Å²) in [5, 5.41) is 7.94. The summed E-state index contributed by atoms with van der Waals surface area (Å²) in [5.74, 6) is 0.267. The van der Waals surface area contributed by atoms with Crippen molar-refractivity contribution in [3.05, 3.63) is 75.4 Å². The van der Waals surface area contributed by atoms with Gasteiger partial charge in [-0.05, 0) is 47.8 Å². The fraction of sp³-hybridized carbons (Fsp3) is 0.100. The summed E-state index contributed by atoms with van der Waals surface area (Å²) in [5.41, 5.74) is 2.22. The number of ether oxygens (including phenoxy) is 1. The minimum atomic E-state index is -0.198. The van der Waals surface area contributed by atoms with Gasteiger partial charge in [0.05, 0.1) is 9.90 Å². The molecule has 2 amide bonds. The summed E-state index contributed by atoms with van der Waals surface area (Å²) in [6, 6.07) is 16.0. The molecular formula is C20H17ClN2O3S. The lowest BCUT2D eigenvalue weighted by Crippen LogP contribution is -2.10. The number of anilines is 2. The van der Waals surface area contributed by atoms with Gasteiger partial charge in [-0.3, -0.25) is 9.59 Å². The molecule has 0 aliphatic carbocycles. The molecular weight excluding hydrogens is 384 g/mol. The number of para-hydroxylation sites is 1. The Morgan fingerprint density at radius 1 is 1.04 bits per heavy atom. The van der Waals surface area contributed by atoms with Gasteiger partial charge in [0.25, 0.3) is 5.91 Å². The van der Waals surface area contributed by atoms with Gasteiger partial charge in [-0.25, -0.2) is 0 Å². The first kappa shape index (κ1) is 18.9. The lowest BCUT2D eigenvalue weighted by molar-refractivity contribution is -0.114. The largest absolute Gasteiger partial charge is 0.487 e. The van der Waals surface area contributed by atoms with Crippen molar-refractivity contribution < 1.29 is 14.3 Å². The molecule has 0 unspecified atom stereocenters. The van der Waals surface area contributed by atoms with Gasteiger partial charge < -0.3 is 15.4 Å². The smallest absolute Gasteiger partial charge is 0.265 e. The average Bonchev–Trinajstić information content (AvgIpc) is 3.11. The van der Waals surface area contributed by atoms with Crippen LogP contribution in [-0.2, 0) is 11.4 Å². The molecule has 1 aromatic heterocycles. The number of halogens is 1. The Balaban J connectivity index is 1.58. The lowest BCUT2D eigenvalue weighted by Gasteiger charge is -2.06. The van der Waals surface area contributed by atoms with Gasteiger partial charge in [-0.2, -0.15) is 0 Å². The number of thiophene rings is 1. The van der Waals surface area contributed by atoms with Crippen molar-refractivity contribution in [3.63, 3.8) is 0 Å². The van der Waals surface area contributed by atoms with Crippen LogP contribution in [0.1, 0.15) is 22.2 Å². The summed E-state index contributed by atoms with van der Waals surface area (Å²) in [7, 11) is 0. The van der Waals surface area contributed by atoms with Crippen molar-refractivity contribution in [1.29, 1.82) is 0 Å². The van der Waals surface area contributed by atoms with Gasteiger partial charge in [-0.1, -0.05) is 23.7 Å². The number of hydrogen-bond acceptors (Lipinski definition) is 4. The van der Waals surface area contributed by atoms with E-state index in [-0.39, 0.29) is 11.8 Å². The second kappa shape index (κ2) is 8.70. The molecule has 0 atom stereocenters. The highest BCUT2D eigenvalue weighted by molar-refractivity contribution is 7.12. The molecule has 0 spiro atoms. The van der Waals surface area contributed by atoms with Crippen LogP contribution < -0.4 is 15.4 Å². The number of amides is 2. The monoisotopic (exact) mass is 400 g/mol. The minimum absolute atomic E-state index is 0.142. The number of rotatable bonds is 6. The lowest BCUT2D eigenvalue weighted by atomic mass is 10.2. The van der Waals surface area contributed by atoms with Crippen LogP contribution in [0.25, 0.3) is 0 Å². The van der Waals surface area contributed by atoms with E-state index >= 15 is 0 Å². The van der Waals surface area contributed by atoms with E-state index in [1.165, 1.54) is 18.3 Å². The van der Waals surface area contributed by atoms with Gasteiger partial charge in [0.2, 0.25) is 5.91 Å². The minimum Gasteiger partial charge on any atom is -0.487 e. The van der Waals surface area contributed by atoms with Crippen molar-refractivity contribution in [2.24, 2.45) is 0 Å². The molecule has 0 aliphatic rings. The third kappa shape index (κ3) is 5.32. The highest BCUT2D eigenvalue weighted by Gasteiger charge is 2.11. The standard InChI is InChI=1S/C20H17ClN2O3S/c1-13(24)22-15-6-8-16(9-7-15)23-20(25)19-10-14(12-27-19)11-26-18-5-3-2-4-17(18)21/h2-10,12H,11H2,1H3,(H,22,24)(H,23,25). The van der Waals surface area contributed by atoms with E-state index in [0.29, 0.717) is 33.6 Å². The molecule has 2 aromatic carbocycles. The van der Waals surface area contributed by atoms with E-state index < -0.39 is 0 Å². The molecule has 3 rings (SSSR count). The molecule has 0 saturated carbocycles. The van der Waals surface area contributed by atoms with Crippen molar-refractivity contribution in [1.82, 2.24) is 0 Å². The Hall–Kier alpha value is -2.83. The quantitative estimate of drug-likeness (QED) is 0.598. The number of hydrogen-bond donors (Lipinski definition) is 2. The summed E-state index contributed by atoms with van der Waals surface area (Å²) in [6.07, 6.45) is 0. The molecule has 0 saturated heterocycles. The van der Waals surface area contributed by atoms with Gasteiger partial charge in [0.15, 0.2) is 0 Å².